The fraction of sp³-hybridized carbons (Fsp3) is 0.333. The van der Waals surface area contributed by atoms with E-state index in [4.69, 9.17) is 11.6 Å². The number of nitrogens with one attached hydrogen (secondary N) is 1. The van der Waals surface area contributed by atoms with E-state index in [0.717, 1.165) is 0 Å². The summed E-state index contributed by atoms with van der Waals surface area (Å²) in [5.74, 6) is -0.0138. The molecular formula is C9H10ClF2NO. The Balaban J connectivity index is 2.84. The molecule has 0 atom stereocenters. The Morgan fingerprint density at radius 3 is 2.79 bits per heavy atom. The van der Waals surface area contributed by atoms with Crippen LogP contribution in [0.1, 0.15) is 6.92 Å². The summed E-state index contributed by atoms with van der Waals surface area (Å²) in [6, 6.07) is 4.65. The molecule has 0 bridgehead atoms. The predicted octanol–water partition coefficient (Wildman–Crippen LogP) is 3.37. The molecule has 1 aromatic rings. The molecule has 0 aromatic heterocycles. The largest absolute Gasteiger partial charge is 0.433 e. The first-order valence-corrected chi connectivity index (χ1v) is 4.49. The van der Waals surface area contributed by atoms with Crippen LogP contribution in [0.3, 0.4) is 0 Å². The first-order valence-electron chi connectivity index (χ1n) is 4.11. The first kappa shape index (κ1) is 11.0. The Kier molecular flexibility index (Phi) is 3.95. The van der Waals surface area contributed by atoms with Crippen molar-refractivity contribution in [1.29, 1.82) is 0 Å². The number of anilines is 1. The molecule has 1 aromatic carbocycles. The Hall–Kier alpha value is -1.03. The average Bonchev–Trinajstić information content (AvgIpc) is 2.10. The molecule has 1 rings (SSSR count). The Morgan fingerprint density at radius 1 is 1.50 bits per heavy atom. The van der Waals surface area contributed by atoms with Crippen molar-refractivity contribution in [3.05, 3.63) is 23.2 Å². The van der Waals surface area contributed by atoms with Crippen LogP contribution in [0.15, 0.2) is 18.2 Å². The number of hydrogen-bond acceptors (Lipinski definition) is 2. The van der Waals surface area contributed by atoms with Crippen LogP contribution in [0.4, 0.5) is 14.5 Å². The molecule has 0 heterocycles. The van der Waals surface area contributed by atoms with Crippen molar-refractivity contribution in [3.63, 3.8) is 0 Å². The molecule has 0 aliphatic carbocycles. The van der Waals surface area contributed by atoms with E-state index in [1.807, 2.05) is 6.92 Å². The summed E-state index contributed by atoms with van der Waals surface area (Å²) in [6.45, 7) is -0.248. The van der Waals surface area contributed by atoms with E-state index in [0.29, 0.717) is 12.2 Å². The third-order valence-electron chi connectivity index (χ3n) is 1.53. The number of benzene rings is 1. The van der Waals surface area contributed by atoms with Gasteiger partial charge in [0.15, 0.2) is 0 Å². The summed E-state index contributed by atoms with van der Waals surface area (Å²) < 4.78 is 28.1. The molecule has 0 amide bonds. The maximum absolute atomic E-state index is 11.9. The highest BCUT2D eigenvalue weighted by Crippen LogP contribution is 2.28. The Morgan fingerprint density at radius 2 is 2.21 bits per heavy atom. The molecular weight excluding hydrogens is 212 g/mol. The maximum Gasteiger partial charge on any atom is 0.387 e. The predicted molar refractivity (Wildman–Crippen MR) is 52.2 cm³/mol. The second kappa shape index (κ2) is 5.00. The first-order chi connectivity index (χ1) is 6.63. The van der Waals surface area contributed by atoms with E-state index in [1.54, 1.807) is 6.07 Å². The Bertz CT molecular complexity index is 307. The van der Waals surface area contributed by atoms with E-state index in [2.05, 4.69) is 10.1 Å². The van der Waals surface area contributed by atoms with Crippen LogP contribution in [0.25, 0.3) is 0 Å². The third-order valence-corrected chi connectivity index (χ3v) is 1.84. The van der Waals surface area contributed by atoms with Gasteiger partial charge in [-0.25, -0.2) is 0 Å². The van der Waals surface area contributed by atoms with Gasteiger partial charge in [-0.15, -0.1) is 0 Å². The number of halogens is 3. The van der Waals surface area contributed by atoms with Crippen LogP contribution >= 0.6 is 11.6 Å². The normalized spacial score (nSPS) is 10.4. The number of hydrogen-bond donors (Lipinski definition) is 1. The molecule has 0 spiro atoms. The van der Waals surface area contributed by atoms with E-state index in [1.165, 1.54) is 12.1 Å². The van der Waals surface area contributed by atoms with Crippen LogP contribution in [-0.4, -0.2) is 13.2 Å². The molecule has 1 N–H and O–H groups in total. The summed E-state index contributed by atoms with van der Waals surface area (Å²) in [4.78, 5) is 0. The minimum Gasteiger partial charge on any atom is -0.433 e. The van der Waals surface area contributed by atoms with Crippen molar-refractivity contribution in [2.75, 3.05) is 11.9 Å². The smallest absolute Gasteiger partial charge is 0.387 e. The highest BCUT2D eigenvalue weighted by Gasteiger charge is 2.08. The van der Waals surface area contributed by atoms with Crippen molar-refractivity contribution in [2.45, 2.75) is 13.5 Å². The van der Waals surface area contributed by atoms with E-state index in [-0.39, 0.29) is 10.8 Å². The van der Waals surface area contributed by atoms with Gasteiger partial charge in [0.1, 0.15) is 5.75 Å². The lowest BCUT2D eigenvalue weighted by Crippen LogP contribution is -2.03. The summed E-state index contributed by atoms with van der Waals surface area (Å²) >= 11 is 5.65. The molecule has 0 aliphatic heterocycles. The zero-order chi connectivity index (χ0) is 10.6. The summed E-state index contributed by atoms with van der Waals surface area (Å²) in [5, 5.41) is 3.14. The number of alkyl halides is 2. The molecule has 14 heavy (non-hydrogen) atoms. The molecule has 0 radical (unpaired) electrons. The zero-order valence-electron chi connectivity index (χ0n) is 7.56. The third kappa shape index (κ3) is 3.03. The van der Waals surface area contributed by atoms with Crippen LogP contribution in [0.2, 0.25) is 5.02 Å². The number of rotatable bonds is 4. The van der Waals surface area contributed by atoms with Crippen molar-refractivity contribution in [3.8, 4) is 5.75 Å². The second-order valence-electron chi connectivity index (χ2n) is 2.55. The van der Waals surface area contributed by atoms with E-state index < -0.39 is 6.61 Å². The molecule has 0 fully saturated rings. The average molecular weight is 222 g/mol. The van der Waals surface area contributed by atoms with Crippen LogP contribution in [-0.2, 0) is 0 Å². The van der Waals surface area contributed by atoms with Gasteiger partial charge in [0, 0.05) is 18.3 Å². The van der Waals surface area contributed by atoms with Gasteiger partial charge in [-0.3, -0.25) is 0 Å². The molecule has 5 heteroatoms. The molecule has 0 aliphatic rings. The van der Waals surface area contributed by atoms with Gasteiger partial charge in [0.25, 0.3) is 0 Å². The summed E-state index contributed by atoms with van der Waals surface area (Å²) in [7, 11) is 0. The monoisotopic (exact) mass is 221 g/mol. The van der Waals surface area contributed by atoms with Crippen molar-refractivity contribution in [2.24, 2.45) is 0 Å². The lowest BCUT2D eigenvalue weighted by Gasteiger charge is -2.09. The molecule has 0 saturated heterocycles. The lowest BCUT2D eigenvalue weighted by atomic mass is 10.3. The fourth-order valence-corrected chi connectivity index (χ4v) is 1.17. The topological polar surface area (TPSA) is 21.3 Å². The van der Waals surface area contributed by atoms with Crippen LogP contribution < -0.4 is 10.1 Å². The van der Waals surface area contributed by atoms with E-state index >= 15 is 0 Å². The van der Waals surface area contributed by atoms with Crippen LogP contribution in [0, 0.1) is 0 Å². The van der Waals surface area contributed by atoms with Gasteiger partial charge in [-0.2, -0.15) is 8.78 Å². The quantitative estimate of drug-likeness (QED) is 0.842. The Labute approximate surface area is 85.8 Å². The molecule has 78 valence electrons. The van der Waals surface area contributed by atoms with Crippen molar-refractivity contribution < 1.29 is 13.5 Å². The highest BCUT2D eigenvalue weighted by atomic mass is 35.5. The van der Waals surface area contributed by atoms with Gasteiger partial charge in [0.2, 0.25) is 0 Å². The second-order valence-corrected chi connectivity index (χ2v) is 2.96. The highest BCUT2D eigenvalue weighted by molar-refractivity contribution is 6.32. The molecule has 0 unspecified atom stereocenters. The minimum atomic E-state index is -2.86. The SMILES string of the molecule is CCNc1ccc(Cl)c(OC(F)F)c1. The van der Waals surface area contributed by atoms with Crippen LogP contribution in [0.5, 0.6) is 5.75 Å². The summed E-state index contributed by atoms with van der Waals surface area (Å²) in [6.07, 6.45) is 0. The minimum absolute atomic E-state index is 0.0138. The van der Waals surface area contributed by atoms with E-state index in [9.17, 15) is 8.78 Å². The fourth-order valence-electron chi connectivity index (χ4n) is 1.00. The standard InChI is InChI=1S/C9H10ClF2NO/c1-2-13-6-3-4-7(10)8(5-6)14-9(11)12/h3-5,9,13H,2H2,1H3. The van der Waals surface area contributed by atoms with Gasteiger partial charge in [-0.1, -0.05) is 11.6 Å². The van der Waals surface area contributed by atoms with Crippen molar-refractivity contribution in [1.82, 2.24) is 0 Å². The van der Waals surface area contributed by atoms with Crippen molar-refractivity contribution >= 4 is 17.3 Å². The number of ether oxygens (including phenoxy) is 1. The van der Waals surface area contributed by atoms with Gasteiger partial charge in [-0.05, 0) is 19.1 Å². The van der Waals surface area contributed by atoms with Gasteiger partial charge >= 0.3 is 6.61 Å². The van der Waals surface area contributed by atoms with Gasteiger partial charge in [0.05, 0.1) is 5.02 Å². The van der Waals surface area contributed by atoms with Gasteiger partial charge < -0.3 is 10.1 Å². The lowest BCUT2D eigenvalue weighted by molar-refractivity contribution is -0.0497. The zero-order valence-corrected chi connectivity index (χ0v) is 8.31. The summed E-state index contributed by atoms with van der Waals surface area (Å²) in [5.41, 5.74) is 0.701. The maximum atomic E-state index is 11.9. The molecule has 2 nitrogen and oxygen atoms in total. The molecule has 0 saturated carbocycles.